The van der Waals surface area contributed by atoms with Crippen LogP contribution in [0.5, 0.6) is 0 Å². The quantitative estimate of drug-likeness (QED) is 0.601. The van der Waals surface area contributed by atoms with Gasteiger partial charge in [0.1, 0.15) is 0 Å². The van der Waals surface area contributed by atoms with Gasteiger partial charge in [0.05, 0.1) is 18.8 Å². The first kappa shape index (κ1) is 19.6. The van der Waals surface area contributed by atoms with E-state index in [0.29, 0.717) is 12.6 Å². The molecule has 1 saturated heterocycles. The van der Waals surface area contributed by atoms with Crippen LogP contribution in [0.1, 0.15) is 35.6 Å². The maximum absolute atomic E-state index is 6.58. The summed E-state index contributed by atoms with van der Waals surface area (Å²) in [5.74, 6) is 0. The van der Waals surface area contributed by atoms with Gasteiger partial charge in [-0.15, -0.1) is 0 Å². The summed E-state index contributed by atoms with van der Waals surface area (Å²) in [6.07, 6.45) is 3.68. The van der Waals surface area contributed by atoms with Crippen LogP contribution in [-0.4, -0.2) is 37.2 Å². The molecular weight excluding hydrogens is 468 g/mol. The third-order valence-electron chi connectivity index (χ3n) is 5.59. The number of rotatable bonds is 4. The number of ether oxygens (including phenoxy) is 1. The first-order chi connectivity index (χ1) is 13.2. The van der Waals surface area contributed by atoms with E-state index < -0.39 is 0 Å². The Bertz CT molecular complexity index is 756. The molecular formula is C22H26Br2N2O. The zero-order valence-electron chi connectivity index (χ0n) is 15.5. The van der Waals surface area contributed by atoms with Crippen molar-refractivity contribution >= 4 is 31.9 Å². The van der Waals surface area contributed by atoms with Gasteiger partial charge >= 0.3 is 0 Å². The Labute approximate surface area is 178 Å². The number of piperazine rings is 1. The lowest BCUT2D eigenvalue weighted by Gasteiger charge is -2.39. The number of benzene rings is 2. The monoisotopic (exact) mass is 492 g/mol. The summed E-state index contributed by atoms with van der Waals surface area (Å²) in [6.45, 7) is 4.93. The van der Waals surface area contributed by atoms with Crippen LogP contribution in [0, 0.1) is 0 Å². The second-order valence-corrected chi connectivity index (χ2v) is 9.28. The smallest absolute Gasteiger partial charge is 0.0776 e. The van der Waals surface area contributed by atoms with Gasteiger partial charge in [-0.25, -0.2) is 0 Å². The highest BCUT2D eigenvalue weighted by Crippen LogP contribution is 2.36. The standard InChI is InChI=1S/C22H26Br2N2O/c23-18-12-16(13-19(24)14-18)15-27-21-7-3-5-17-4-1-2-6-20(17)22(21)26-10-8-25-9-11-26/h1-2,4,6,12-14,21-22,25H,3,5,7-11,15H2/t21-,22-/m0/s1. The summed E-state index contributed by atoms with van der Waals surface area (Å²) in [7, 11) is 0. The molecule has 0 bridgehead atoms. The Morgan fingerprint density at radius 2 is 1.78 bits per heavy atom. The zero-order chi connectivity index (χ0) is 18.6. The average Bonchev–Trinajstić information content (AvgIpc) is 2.85. The van der Waals surface area contributed by atoms with Crippen molar-refractivity contribution in [2.24, 2.45) is 0 Å². The maximum atomic E-state index is 6.58. The highest BCUT2D eigenvalue weighted by atomic mass is 79.9. The Kier molecular flexibility index (Phi) is 6.66. The van der Waals surface area contributed by atoms with Crippen LogP contribution in [0.3, 0.4) is 0 Å². The first-order valence-electron chi connectivity index (χ1n) is 9.80. The highest BCUT2D eigenvalue weighted by molar-refractivity contribution is 9.11. The van der Waals surface area contributed by atoms with Crippen LogP contribution in [0.2, 0.25) is 0 Å². The van der Waals surface area contributed by atoms with E-state index in [-0.39, 0.29) is 6.10 Å². The van der Waals surface area contributed by atoms with E-state index in [1.807, 2.05) is 0 Å². The lowest BCUT2D eigenvalue weighted by Crippen LogP contribution is -2.48. The van der Waals surface area contributed by atoms with E-state index in [4.69, 9.17) is 4.74 Å². The predicted octanol–water partition coefficient (Wildman–Crippen LogP) is 5.08. The topological polar surface area (TPSA) is 24.5 Å². The summed E-state index contributed by atoms with van der Waals surface area (Å²) >= 11 is 7.17. The van der Waals surface area contributed by atoms with Gasteiger partial charge in [-0.05, 0) is 54.2 Å². The SMILES string of the molecule is Brc1cc(Br)cc(CO[C@H]2CCCc3ccccc3[C@@H]2N2CCNCC2)c1. The molecule has 27 heavy (non-hydrogen) atoms. The Hall–Kier alpha value is -0.720. The van der Waals surface area contributed by atoms with Gasteiger partial charge < -0.3 is 10.1 Å². The van der Waals surface area contributed by atoms with Gasteiger partial charge in [-0.3, -0.25) is 4.90 Å². The van der Waals surface area contributed by atoms with Crippen molar-refractivity contribution in [2.45, 2.75) is 38.0 Å². The van der Waals surface area contributed by atoms with Crippen molar-refractivity contribution in [3.8, 4) is 0 Å². The second-order valence-electron chi connectivity index (χ2n) is 7.45. The van der Waals surface area contributed by atoms with E-state index in [9.17, 15) is 0 Å². The molecule has 1 fully saturated rings. The van der Waals surface area contributed by atoms with Crippen LogP contribution in [-0.2, 0) is 17.8 Å². The molecule has 4 rings (SSSR count). The van der Waals surface area contributed by atoms with Gasteiger partial charge in [-0.2, -0.15) is 0 Å². The highest BCUT2D eigenvalue weighted by Gasteiger charge is 2.33. The van der Waals surface area contributed by atoms with E-state index in [1.54, 1.807) is 0 Å². The molecule has 1 heterocycles. The Balaban J connectivity index is 1.58. The lowest BCUT2D eigenvalue weighted by atomic mass is 9.95. The third-order valence-corrected chi connectivity index (χ3v) is 6.51. The fraction of sp³-hybridized carbons (Fsp3) is 0.455. The predicted molar refractivity (Wildman–Crippen MR) is 117 cm³/mol. The Morgan fingerprint density at radius 1 is 1.04 bits per heavy atom. The summed E-state index contributed by atoms with van der Waals surface area (Å²) in [4.78, 5) is 2.63. The van der Waals surface area contributed by atoms with Gasteiger partial charge in [-0.1, -0.05) is 56.1 Å². The molecule has 0 spiro atoms. The van der Waals surface area contributed by atoms with Crippen molar-refractivity contribution in [2.75, 3.05) is 26.2 Å². The van der Waals surface area contributed by atoms with E-state index >= 15 is 0 Å². The van der Waals surface area contributed by atoms with Crippen LogP contribution in [0.4, 0.5) is 0 Å². The molecule has 1 aliphatic carbocycles. The van der Waals surface area contributed by atoms with Crippen molar-refractivity contribution < 1.29 is 4.74 Å². The minimum atomic E-state index is 0.226. The largest absolute Gasteiger partial charge is 0.372 e. The molecule has 1 N–H and O–H groups in total. The molecule has 0 radical (unpaired) electrons. The molecule has 2 atom stereocenters. The van der Waals surface area contributed by atoms with Gasteiger partial charge in [0.2, 0.25) is 0 Å². The average molecular weight is 494 g/mol. The van der Waals surface area contributed by atoms with Gasteiger partial charge in [0, 0.05) is 35.1 Å². The fourth-order valence-corrected chi connectivity index (χ4v) is 5.75. The molecule has 0 amide bonds. The van der Waals surface area contributed by atoms with E-state index in [2.05, 4.69) is 84.5 Å². The van der Waals surface area contributed by atoms with Crippen LogP contribution in [0.15, 0.2) is 51.4 Å². The molecule has 1 aliphatic heterocycles. The normalized spacial score (nSPS) is 23.6. The van der Waals surface area contributed by atoms with Crippen LogP contribution >= 0.6 is 31.9 Å². The Morgan fingerprint density at radius 3 is 2.56 bits per heavy atom. The number of fused-ring (bicyclic) bond motifs is 1. The molecule has 2 aromatic rings. The van der Waals surface area contributed by atoms with Crippen molar-refractivity contribution in [1.82, 2.24) is 10.2 Å². The molecule has 2 aromatic carbocycles. The summed E-state index contributed by atoms with van der Waals surface area (Å²) < 4.78 is 8.75. The zero-order valence-corrected chi connectivity index (χ0v) is 18.6. The number of hydrogen-bond donors (Lipinski definition) is 1. The molecule has 2 aliphatic rings. The summed E-state index contributed by atoms with van der Waals surface area (Å²) in [5.41, 5.74) is 4.17. The molecule has 5 heteroatoms. The molecule has 144 valence electrons. The minimum Gasteiger partial charge on any atom is -0.372 e. The minimum absolute atomic E-state index is 0.226. The number of halogens is 2. The van der Waals surface area contributed by atoms with Crippen molar-refractivity contribution in [3.05, 3.63) is 68.1 Å². The molecule has 0 aromatic heterocycles. The maximum Gasteiger partial charge on any atom is 0.0776 e. The fourth-order valence-electron chi connectivity index (χ4n) is 4.37. The van der Waals surface area contributed by atoms with Gasteiger partial charge in [0.25, 0.3) is 0 Å². The van der Waals surface area contributed by atoms with E-state index in [0.717, 1.165) is 48.0 Å². The number of nitrogens with one attached hydrogen (secondary N) is 1. The molecule has 3 nitrogen and oxygen atoms in total. The van der Waals surface area contributed by atoms with Crippen molar-refractivity contribution in [1.29, 1.82) is 0 Å². The van der Waals surface area contributed by atoms with Crippen molar-refractivity contribution in [3.63, 3.8) is 0 Å². The van der Waals surface area contributed by atoms with Gasteiger partial charge in [0.15, 0.2) is 0 Å². The second kappa shape index (κ2) is 9.19. The number of nitrogens with zero attached hydrogens (tertiary/aromatic N) is 1. The summed E-state index contributed by atoms with van der Waals surface area (Å²) in [5, 5.41) is 3.49. The molecule has 0 saturated carbocycles. The number of hydrogen-bond acceptors (Lipinski definition) is 3. The first-order valence-corrected chi connectivity index (χ1v) is 11.4. The lowest BCUT2D eigenvalue weighted by molar-refractivity contribution is -0.0320. The third kappa shape index (κ3) is 4.83. The van der Waals surface area contributed by atoms with Crippen LogP contribution in [0.25, 0.3) is 0 Å². The summed E-state index contributed by atoms with van der Waals surface area (Å²) in [6, 6.07) is 15.7. The molecule has 0 unspecified atom stereocenters. The van der Waals surface area contributed by atoms with E-state index in [1.165, 1.54) is 23.1 Å². The van der Waals surface area contributed by atoms with Crippen LogP contribution < -0.4 is 5.32 Å². The number of aryl methyl sites for hydroxylation is 1.